The minimum absolute atomic E-state index is 0.723. The maximum Gasteiger partial charge on any atom is 0.177 e. The Morgan fingerprint density at radius 2 is 2.04 bits per heavy atom. The molecule has 0 bridgehead atoms. The number of hydrogen-bond donors (Lipinski definition) is 1. The highest BCUT2D eigenvalue weighted by Gasteiger charge is 2.09. The highest BCUT2D eigenvalue weighted by Crippen LogP contribution is 2.23. The maximum atomic E-state index is 5.42. The zero-order valence-electron chi connectivity index (χ0n) is 13.3. The van der Waals surface area contributed by atoms with Gasteiger partial charge in [0.2, 0.25) is 0 Å². The average molecular weight is 319 g/mol. The van der Waals surface area contributed by atoms with E-state index >= 15 is 0 Å². The Balaban J connectivity index is 1.57. The van der Waals surface area contributed by atoms with Crippen LogP contribution in [0.5, 0.6) is 5.75 Å². The van der Waals surface area contributed by atoms with Gasteiger partial charge in [-0.3, -0.25) is 0 Å². The number of aryl methyl sites for hydroxylation is 2. The van der Waals surface area contributed by atoms with Gasteiger partial charge in [-0.1, -0.05) is 18.2 Å². The van der Waals surface area contributed by atoms with E-state index in [1.165, 1.54) is 5.56 Å². The van der Waals surface area contributed by atoms with E-state index in [9.17, 15) is 0 Å². The van der Waals surface area contributed by atoms with Crippen molar-refractivity contribution in [3.05, 3.63) is 66.3 Å². The van der Waals surface area contributed by atoms with Crippen LogP contribution in [0.4, 0.5) is 0 Å². The molecule has 3 aromatic heterocycles. The Morgan fingerprint density at radius 1 is 1.12 bits per heavy atom. The number of furan rings is 1. The third kappa shape index (κ3) is 2.76. The number of H-pyrrole nitrogens is 1. The topological polar surface area (TPSA) is 63.9 Å². The Bertz CT molecular complexity index is 958. The fourth-order valence-electron chi connectivity index (χ4n) is 2.81. The summed E-state index contributed by atoms with van der Waals surface area (Å²) in [5, 5.41) is 0. The van der Waals surface area contributed by atoms with Gasteiger partial charge in [-0.05, 0) is 36.2 Å². The van der Waals surface area contributed by atoms with Gasteiger partial charge in [0.25, 0.3) is 0 Å². The number of rotatable bonds is 5. The van der Waals surface area contributed by atoms with Crippen molar-refractivity contribution in [3.8, 4) is 17.1 Å². The number of aromatic nitrogens is 3. The average Bonchev–Trinajstić information content (AvgIpc) is 3.28. The molecule has 0 aliphatic carbocycles. The van der Waals surface area contributed by atoms with E-state index < -0.39 is 0 Å². The van der Waals surface area contributed by atoms with Gasteiger partial charge in [0.05, 0.1) is 18.9 Å². The predicted molar refractivity (Wildman–Crippen MR) is 92.0 cm³/mol. The molecule has 3 heterocycles. The van der Waals surface area contributed by atoms with E-state index in [4.69, 9.17) is 9.15 Å². The molecule has 4 aromatic rings. The Kier molecular flexibility index (Phi) is 3.75. The number of nitrogens with zero attached hydrogens (tertiary/aromatic N) is 2. The van der Waals surface area contributed by atoms with Gasteiger partial charge < -0.3 is 14.1 Å². The first-order valence-corrected chi connectivity index (χ1v) is 7.84. The van der Waals surface area contributed by atoms with Gasteiger partial charge in [0, 0.05) is 18.2 Å². The van der Waals surface area contributed by atoms with Gasteiger partial charge in [0.1, 0.15) is 17.3 Å². The van der Waals surface area contributed by atoms with Crippen LogP contribution in [0.2, 0.25) is 0 Å². The summed E-state index contributed by atoms with van der Waals surface area (Å²) in [6.07, 6.45) is 5.10. The first-order chi connectivity index (χ1) is 11.8. The number of ether oxygens (including phenoxy) is 1. The normalized spacial score (nSPS) is 11.0. The van der Waals surface area contributed by atoms with Crippen LogP contribution in [-0.4, -0.2) is 22.1 Å². The van der Waals surface area contributed by atoms with Gasteiger partial charge in [0.15, 0.2) is 5.65 Å². The molecule has 0 aliphatic rings. The summed E-state index contributed by atoms with van der Waals surface area (Å²) in [5.41, 5.74) is 3.75. The van der Waals surface area contributed by atoms with E-state index in [1.54, 1.807) is 19.6 Å². The van der Waals surface area contributed by atoms with Crippen molar-refractivity contribution in [1.29, 1.82) is 0 Å². The number of nitrogens with one attached hydrogen (secondary N) is 1. The second-order valence-electron chi connectivity index (χ2n) is 5.57. The molecule has 0 saturated heterocycles. The highest BCUT2D eigenvalue weighted by atomic mass is 16.5. The summed E-state index contributed by atoms with van der Waals surface area (Å²) in [6.45, 7) is 0. The largest absolute Gasteiger partial charge is 0.496 e. The van der Waals surface area contributed by atoms with Crippen molar-refractivity contribution in [1.82, 2.24) is 15.0 Å². The molecule has 0 amide bonds. The van der Waals surface area contributed by atoms with E-state index in [2.05, 4.69) is 21.0 Å². The lowest BCUT2D eigenvalue weighted by Crippen LogP contribution is -1.96. The van der Waals surface area contributed by atoms with Crippen LogP contribution in [0, 0.1) is 0 Å². The molecule has 120 valence electrons. The van der Waals surface area contributed by atoms with Crippen molar-refractivity contribution in [2.75, 3.05) is 7.11 Å². The first kappa shape index (κ1) is 14.5. The molecule has 0 unspecified atom stereocenters. The molecule has 0 atom stereocenters. The lowest BCUT2D eigenvalue weighted by Gasteiger charge is -2.06. The molecule has 5 nitrogen and oxygen atoms in total. The van der Waals surface area contributed by atoms with Gasteiger partial charge in [-0.15, -0.1) is 0 Å². The molecule has 0 fully saturated rings. The molecular formula is C19H17N3O2. The third-order valence-corrected chi connectivity index (χ3v) is 4.02. The molecule has 0 aliphatic heterocycles. The van der Waals surface area contributed by atoms with Crippen LogP contribution >= 0.6 is 0 Å². The van der Waals surface area contributed by atoms with Crippen LogP contribution < -0.4 is 4.74 Å². The number of para-hydroxylation sites is 1. The Hall–Kier alpha value is -3.08. The Morgan fingerprint density at radius 3 is 2.88 bits per heavy atom. The number of fused-ring (bicyclic) bond motifs is 1. The van der Waals surface area contributed by atoms with E-state index in [-0.39, 0.29) is 0 Å². The Labute approximate surface area is 139 Å². The molecular weight excluding hydrogens is 302 g/mol. The zero-order chi connectivity index (χ0) is 16.4. The lowest BCUT2D eigenvalue weighted by molar-refractivity contribution is 0.409. The number of imidazole rings is 1. The molecule has 0 spiro atoms. The number of methoxy groups -OCH3 is 1. The van der Waals surface area contributed by atoms with Crippen LogP contribution in [-0.2, 0) is 12.8 Å². The van der Waals surface area contributed by atoms with Crippen LogP contribution in [0.25, 0.3) is 22.5 Å². The summed E-state index contributed by atoms with van der Waals surface area (Å²) in [6, 6.07) is 13.9. The molecule has 4 rings (SSSR count). The number of pyridine rings is 1. The van der Waals surface area contributed by atoms with Crippen molar-refractivity contribution in [2.45, 2.75) is 12.8 Å². The first-order valence-electron chi connectivity index (χ1n) is 7.84. The number of hydrogen-bond acceptors (Lipinski definition) is 4. The van der Waals surface area contributed by atoms with Crippen molar-refractivity contribution in [2.24, 2.45) is 0 Å². The molecule has 0 radical (unpaired) electrons. The summed E-state index contributed by atoms with van der Waals surface area (Å²) in [4.78, 5) is 12.3. The maximum absolute atomic E-state index is 5.42. The molecule has 0 saturated carbocycles. The third-order valence-electron chi connectivity index (χ3n) is 4.02. The zero-order valence-corrected chi connectivity index (χ0v) is 13.3. The molecule has 5 heteroatoms. The van der Waals surface area contributed by atoms with Gasteiger partial charge in [-0.2, -0.15) is 0 Å². The van der Waals surface area contributed by atoms with Crippen molar-refractivity contribution >= 4 is 11.2 Å². The summed E-state index contributed by atoms with van der Waals surface area (Å²) < 4.78 is 10.8. The minimum Gasteiger partial charge on any atom is -0.496 e. The smallest absolute Gasteiger partial charge is 0.177 e. The number of aromatic amines is 1. The lowest BCUT2D eigenvalue weighted by atomic mass is 10.1. The SMILES string of the molecule is COc1ccccc1CCc1nc2ncc(-c3ccco3)cc2[nH]1. The minimum atomic E-state index is 0.723. The van der Waals surface area contributed by atoms with Crippen molar-refractivity contribution in [3.63, 3.8) is 0 Å². The van der Waals surface area contributed by atoms with E-state index in [0.717, 1.165) is 46.9 Å². The molecule has 1 N–H and O–H groups in total. The standard InChI is InChI=1S/C19H17N3O2/c1-23-16-6-3-2-5-13(16)8-9-18-21-15-11-14(12-20-19(15)22-18)17-7-4-10-24-17/h2-7,10-12H,8-9H2,1H3,(H,20,21,22). The number of benzene rings is 1. The van der Waals surface area contributed by atoms with Gasteiger partial charge >= 0.3 is 0 Å². The van der Waals surface area contributed by atoms with Crippen molar-refractivity contribution < 1.29 is 9.15 Å². The van der Waals surface area contributed by atoms with Gasteiger partial charge in [-0.25, -0.2) is 9.97 Å². The second-order valence-corrected chi connectivity index (χ2v) is 5.57. The molecule has 1 aromatic carbocycles. The quantitative estimate of drug-likeness (QED) is 0.603. The van der Waals surface area contributed by atoms with E-state index in [0.29, 0.717) is 0 Å². The fraction of sp³-hybridized carbons (Fsp3) is 0.158. The summed E-state index contributed by atoms with van der Waals surface area (Å²) in [5.74, 6) is 2.63. The highest BCUT2D eigenvalue weighted by molar-refractivity contribution is 5.76. The van der Waals surface area contributed by atoms with Crippen LogP contribution in [0.1, 0.15) is 11.4 Å². The predicted octanol–water partition coefficient (Wildman–Crippen LogP) is 4.01. The molecule has 24 heavy (non-hydrogen) atoms. The monoisotopic (exact) mass is 319 g/mol. The van der Waals surface area contributed by atoms with Crippen LogP contribution in [0.15, 0.2) is 59.3 Å². The van der Waals surface area contributed by atoms with Crippen LogP contribution in [0.3, 0.4) is 0 Å². The summed E-state index contributed by atoms with van der Waals surface area (Å²) in [7, 11) is 1.69. The fourth-order valence-corrected chi connectivity index (χ4v) is 2.81. The summed E-state index contributed by atoms with van der Waals surface area (Å²) >= 11 is 0. The van der Waals surface area contributed by atoms with E-state index in [1.807, 2.05) is 36.4 Å². The second kappa shape index (κ2) is 6.20.